The van der Waals surface area contributed by atoms with Gasteiger partial charge in [0.25, 0.3) is 0 Å². The van der Waals surface area contributed by atoms with Crippen molar-refractivity contribution in [1.29, 1.82) is 0 Å². The predicted molar refractivity (Wildman–Crippen MR) is 104 cm³/mol. The second-order valence-corrected chi connectivity index (χ2v) is 6.66. The summed E-state index contributed by atoms with van der Waals surface area (Å²) in [6.45, 7) is 3.80. The summed E-state index contributed by atoms with van der Waals surface area (Å²) >= 11 is 1.74. The second-order valence-electron chi connectivity index (χ2n) is 5.88. The molecule has 25 heavy (non-hydrogen) atoms. The lowest BCUT2D eigenvalue weighted by atomic mass is 10.1. The normalized spacial score (nSPS) is 12.8. The average Bonchev–Trinajstić information content (AvgIpc) is 3.36. The summed E-state index contributed by atoms with van der Waals surface area (Å²) < 4.78 is 1.85. The van der Waals surface area contributed by atoms with Crippen LogP contribution in [0.15, 0.2) is 64.5 Å². The van der Waals surface area contributed by atoms with E-state index in [0.717, 1.165) is 24.7 Å². The Bertz CT molecular complexity index is 776. The maximum Gasteiger partial charge on any atom is 0.191 e. The average molecular weight is 353 g/mol. The van der Waals surface area contributed by atoms with Crippen LogP contribution in [-0.2, 0) is 6.54 Å². The van der Waals surface area contributed by atoms with Crippen LogP contribution in [0.3, 0.4) is 0 Å². The highest BCUT2D eigenvalue weighted by Crippen LogP contribution is 2.17. The Morgan fingerprint density at radius 1 is 1.24 bits per heavy atom. The van der Waals surface area contributed by atoms with E-state index in [0.29, 0.717) is 5.92 Å². The molecule has 2 aromatic heterocycles. The number of hydrogen-bond acceptors (Lipinski definition) is 3. The van der Waals surface area contributed by atoms with Gasteiger partial charge in [-0.05, 0) is 52.1 Å². The molecule has 0 aliphatic carbocycles. The molecule has 3 rings (SSSR count). The largest absolute Gasteiger partial charge is 0.356 e. The molecule has 6 heteroatoms. The third kappa shape index (κ3) is 4.70. The highest BCUT2D eigenvalue weighted by molar-refractivity contribution is 7.07. The number of aliphatic imine (C=N–C) groups is 1. The van der Waals surface area contributed by atoms with E-state index < -0.39 is 0 Å². The van der Waals surface area contributed by atoms with Crippen LogP contribution in [-0.4, -0.2) is 29.3 Å². The van der Waals surface area contributed by atoms with E-state index in [1.165, 1.54) is 11.1 Å². The SMILES string of the molecule is CN=C(NCc1ccc(-n2cccn2)cc1)NCC(C)c1ccsc1. The Kier molecular flexibility index (Phi) is 5.85. The molecule has 0 fully saturated rings. The van der Waals surface area contributed by atoms with Crippen LogP contribution < -0.4 is 10.6 Å². The minimum absolute atomic E-state index is 0.457. The van der Waals surface area contributed by atoms with Gasteiger partial charge in [-0.3, -0.25) is 4.99 Å². The first-order valence-electron chi connectivity index (χ1n) is 8.32. The van der Waals surface area contributed by atoms with E-state index in [1.54, 1.807) is 24.6 Å². The van der Waals surface area contributed by atoms with Crippen LogP contribution in [0.1, 0.15) is 24.0 Å². The van der Waals surface area contributed by atoms with Crippen molar-refractivity contribution in [2.24, 2.45) is 4.99 Å². The molecule has 2 heterocycles. The lowest BCUT2D eigenvalue weighted by Gasteiger charge is -2.15. The first-order valence-corrected chi connectivity index (χ1v) is 9.26. The molecule has 0 radical (unpaired) electrons. The topological polar surface area (TPSA) is 54.2 Å². The van der Waals surface area contributed by atoms with Crippen molar-refractivity contribution >= 4 is 17.3 Å². The number of aromatic nitrogens is 2. The predicted octanol–water partition coefficient (Wildman–Crippen LogP) is 3.40. The van der Waals surface area contributed by atoms with Gasteiger partial charge < -0.3 is 10.6 Å². The van der Waals surface area contributed by atoms with Gasteiger partial charge in [-0.15, -0.1) is 0 Å². The van der Waals surface area contributed by atoms with Gasteiger partial charge in [0.15, 0.2) is 5.96 Å². The monoisotopic (exact) mass is 353 g/mol. The van der Waals surface area contributed by atoms with Crippen molar-refractivity contribution in [3.63, 3.8) is 0 Å². The quantitative estimate of drug-likeness (QED) is 0.527. The lowest BCUT2D eigenvalue weighted by molar-refractivity contribution is 0.701. The zero-order valence-corrected chi connectivity index (χ0v) is 15.3. The van der Waals surface area contributed by atoms with E-state index in [4.69, 9.17) is 0 Å². The Morgan fingerprint density at radius 3 is 2.72 bits per heavy atom. The Balaban J connectivity index is 1.49. The Labute approximate surface area is 152 Å². The number of guanidine groups is 1. The highest BCUT2D eigenvalue weighted by Gasteiger charge is 2.07. The summed E-state index contributed by atoms with van der Waals surface area (Å²) in [6.07, 6.45) is 3.72. The number of benzene rings is 1. The molecule has 1 atom stereocenters. The van der Waals surface area contributed by atoms with Gasteiger partial charge in [-0.25, -0.2) is 4.68 Å². The standard InChI is InChI=1S/C19H23N5S/c1-15(17-8-11-25-14-17)12-21-19(20-2)22-13-16-4-6-18(7-5-16)24-10-3-9-23-24/h3-11,14-15H,12-13H2,1-2H3,(H2,20,21,22). The molecule has 0 aliphatic rings. The van der Waals surface area contributed by atoms with Crippen molar-refractivity contribution in [2.75, 3.05) is 13.6 Å². The van der Waals surface area contributed by atoms with Gasteiger partial charge in [0, 0.05) is 32.5 Å². The summed E-state index contributed by atoms with van der Waals surface area (Å²) in [4.78, 5) is 4.30. The van der Waals surface area contributed by atoms with Crippen LogP contribution in [0.5, 0.6) is 0 Å². The zero-order valence-electron chi connectivity index (χ0n) is 14.5. The third-order valence-electron chi connectivity index (χ3n) is 4.08. The molecule has 0 bridgehead atoms. The van der Waals surface area contributed by atoms with Gasteiger partial charge in [-0.1, -0.05) is 19.1 Å². The second kappa shape index (κ2) is 8.48. The molecule has 1 unspecified atom stereocenters. The van der Waals surface area contributed by atoms with Crippen molar-refractivity contribution in [3.05, 3.63) is 70.7 Å². The molecule has 2 N–H and O–H groups in total. The van der Waals surface area contributed by atoms with Crippen molar-refractivity contribution in [1.82, 2.24) is 20.4 Å². The van der Waals surface area contributed by atoms with E-state index in [-0.39, 0.29) is 0 Å². The van der Waals surface area contributed by atoms with Gasteiger partial charge in [0.1, 0.15) is 0 Å². The van der Waals surface area contributed by atoms with Crippen LogP contribution in [0.2, 0.25) is 0 Å². The van der Waals surface area contributed by atoms with Crippen molar-refractivity contribution < 1.29 is 0 Å². The summed E-state index contributed by atoms with van der Waals surface area (Å²) in [5, 5.41) is 15.3. The molecule has 0 amide bonds. The number of rotatable bonds is 6. The van der Waals surface area contributed by atoms with Crippen LogP contribution in [0.25, 0.3) is 5.69 Å². The summed E-state index contributed by atoms with van der Waals surface area (Å²) in [5.74, 6) is 1.27. The highest BCUT2D eigenvalue weighted by atomic mass is 32.1. The summed E-state index contributed by atoms with van der Waals surface area (Å²) in [6, 6.07) is 12.4. The van der Waals surface area contributed by atoms with Crippen molar-refractivity contribution in [3.8, 4) is 5.69 Å². The maximum atomic E-state index is 4.30. The fraction of sp³-hybridized carbons (Fsp3) is 0.263. The van der Waals surface area contributed by atoms with E-state index in [2.05, 4.69) is 68.7 Å². The molecule has 0 saturated heterocycles. The van der Waals surface area contributed by atoms with Crippen LogP contribution in [0.4, 0.5) is 0 Å². The van der Waals surface area contributed by atoms with E-state index >= 15 is 0 Å². The molecule has 3 aromatic rings. The first-order chi connectivity index (χ1) is 12.3. The maximum absolute atomic E-state index is 4.30. The van der Waals surface area contributed by atoms with Crippen molar-refractivity contribution in [2.45, 2.75) is 19.4 Å². The summed E-state index contributed by atoms with van der Waals surface area (Å²) in [7, 11) is 1.80. The van der Waals surface area contributed by atoms with E-state index in [1.807, 2.05) is 16.9 Å². The minimum atomic E-state index is 0.457. The molecule has 0 spiro atoms. The molecule has 0 aliphatic heterocycles. The third-order valence-corrected chi connectivity index (χ3v) is 4.78. The molecule has 130 valence electrons. The van der Waals surface area contributed by atoms with E-state index in [9.17, 15) is 0 Å². The number of nitrogens with one attached hydrogen (secondary N) is 2. The molecule has 0 saturated carbocycles. The van der Waals surface area contributed by atoms with Crippen LogP contribution >= 0.6 is 11.3 Å². The molecule has 5 nitrogen and oxygen atoms in total. The number of nitrogens with zero attached hydrogens (tertiary/aromatic N) is 3. The molecular weight excluding hydrogens is 330 g/mol. The minimum Gasteiger partial charge on any atom is -0.356 e. The fourth-order valence-electron chi connectivity index (χ4n) is 2.52. The smallest absolute Gasteiger partial charge is 0.191 e. The number of thiophene rings is 1. The van der Waals surface area contributed by atoms with Gasteiger partial charge in [0.05, 0.1) is 5.69 Å². The Hall–Kier alpha value is -2.60. The molecule has 1 aromatic carbocycles. The van der Waals surface area contributed by atoms with Crippen LogP contribution in [0, 0.1) is 0 Å². The molecular formula is C19H23N5S. The lowest BCUT2D eigenvalue weighted by Crippen LogP contribution is -2.38. The Morgan fingerprint density at radius 2 is 2.08 bits per heavy atom. The van der Waals surface area contributed by atoms with Gasteiger partial charge in [-0.2, -0.15) is 16.4 Å². The zero-order chi connectivity index (χ0) is 17.5. The van der Waals surface area contributed by atoms with Gasteiger partial charge >= 0.3 is 0 Å². The van der Waals surface area contributed by atoms with Gasteiger partial charge in [0.2, 0.25) is 0 Å². The summed E-state index contributed by atoms with van der Waals surface area (Å²) in [5.41, 5.74) is 3.62. The number of hydrogen-bond donors (Lipinski definition) is 2. The fourth-order valence-corrected chi connectivity index (χ4v) is 3.30. The first kappa shape index (κ1) is 17.2.